The number of esters is 2. The number of hydrogen-bond donors (Lipinski definition) is 0. The number of imidazole rings is 2. The zero-order valence-corrected chi connectivity index (χ0v) is 25.3. The van der Waals surface area contributed by atoms with Crippen LogP contribution in [0.4, 0.5) is 0 Å². The van der Waals surface area contributed by atoms with Gasteiger partial charge in [-0.1, -0.05) is 71.8 Å². The first kappa shape index (κ1) is 28.9. The third-order valence-electron chi connectivity index (χ3n) is 7.91. The number of methoxy groups -OCH3 is 2. The molecule has 0 bridgehead atoms. The lowest BCUT2D eigenvalue weighted by molar-refractivity contribution is -0.142. The van der Waals surface area contributed by atoms with E-state index in [1.807, 2.05) is 57.7 Å². The number of fused-ring (bicyclic) bond motifs is 2. The fourth-order valence-electron chi connectivity index (χ4n) is 5.74. The molecule has 44 heavy (non-hydrogen) atoms. The molecule has 0 aliphatic carbocycles. The normalized spacial score (nSPS) is 11.3. The van der Waals surface area contributed by atoms with Crippen molar-refractivity contribution < 1.29 is 19.1 Å². The zero-order chi connectivity index (χ0) is 30.8. The first-order valence-electron chi connectivity index (χ1n) is 14.5. The molecule has 0 aliphatic heterocycles. The molecule has 2 heterocycles. The highest BCUT2D eigenvalue weighted by Crippen LogP contribution is 2.29. The molecule has 0 saturated heterocycles. The first-order chi connectivity index (χ1) is 21.3. The summed E-state index contributed by atoms with van der Waals surface area (Å²) in [5, 5.41) is 0. The number of benzene rings is 4. The molecule has 4 aromatic carbocycles. The molecule has 222 valence electrons. The summed E-state index contributed by atoms with van der Waals surface area (Å²) in [5.41, 5.74) is 9.88. The minimum Gasteiger partial charge on any atom is -0.468 e. The second-order valence-electron chi connectivity index (χ2n) is 11.1. The molecule has 6 aromatic rings. The van der Waals surface area contributed by atoms with Crippen LogP contribution < -0.4 is 0 Å². The molecule has 0 radical (unpaired) electrons. The van der Waals surface area contributed by atoms with Gasteiger partial charge >= 0.3 is 11.9 Å². The molecule has 0 unspecified atom stereocenters. The van der Waals surface area contributed by atoms with E-state index in [-0.39, 0.29) is 25.0 Å². The van der Waals surface area contributed by atoms with Crippen LogP contribution in [0.5, 0.6) is 0 Å². The van der Waals surface area contributed by atoms with Crippen molar-refractivity contribution in [2.24, 2.45) is 0 Å². The Bertz CT molecular complexity index is 1870. The third-order valence-corrected chi connectivity index (χ3v) is 7.91. The Hall–Kier alpha value is -5.24. The van der Waals surface area contributed by atoms with E-state index in [0.29, 0.717) is 12.8 Å². The van der Waals surface area contributed by atoms with E-state index in [0.717, 1.165) is 56.0 Å². The summed E-state index contributed by atoms with van der Waals surface area (Å²) >= 11 is 0. The minimum absolute atomic E-state index is 0.0841. The molecule has 0 fully saturated rings. The predicted molar refractivity (Wildman–Crippen MR) is 170 cm³/mol. The van der Waals surface area contributed by atoms with E-state index in [9.17, 15) is 9.59 Å². The SMILES string of the molecule is COC(=O)Cn1c(Cc2cccc(C)c2)nc2cc(-c3ccc4c(c3)nc(Cc3cccc(C)c3)n4CC(=O)OC)ccc21. The lowest BCUT2D eigenvalue weighted by atomic mass is 10.0. The van der Waals surface area contributed by atoms with Crippen LogP contribution in [0.2, 0.25) is 0 Å². The van der Waals surface area contributed by atoms with Crippen LogP contribution >= 0.6 is 0 Å². The average molecular weight is 587 g/mol. The van der Waals surface area contributed by atoms with Gasteiger partial charge in [-0.05, 0) is 60.4 Å². The van der Waals surface area contributed by atoms with Crippen molar-refractivity contribution in [1.82, 2.24) is 19.1 Å². The topological polar surface area (TPSA) is 88.2 Å². The number of aryl methyl sites for hydroxylation is 2. The van der Waals surface area contributed by atoms with Gasteiger partial charge in [0.2, 0.25) is 0 Å². The van der Waals surface area contributed by atoms with Gasteiger partial charge in [0.05, 0.1) is 36.3 Å². The summed E-state index contributed by atoms with van der Waals surface area (Å²) in [6.07, 6.45) is 1.19. The van der Waals surface area contributed by atoms with E-state index in [1.165, 1.54) is 25.3 Å². The zero-order valence-electron chi connectivity index (χ0n) is 25.3. The van der Waals surface area contributed by atoms with Crippen molar-refractivity contribution >= 4 is 34.0 Å². The summed E-state index contributed by atoms with van der Waals surface area (Å²) in [6, 6.07) is 28.8. The van der Waals surface area contributed by atoms with Gasteiger partial charge in [0.15, 0.2) is 0 Å². The maximum absolute atomic E-state index is 12.3. The van der Waals surface area contributed by atoms with Gasteiger partial charge in [0.1, 0.15) is 24.7 Å². The van der Waals surface area contributed by atoms with Crippen LogP contribution in [0.25, 0.3) is 33.2 Å². The Balaban J connectivity index is 1.39. The van der Waals surface area contributed by atoms with Crippen LogP contribution in [-0.2, 0) is 45.0 Å². The number of ether oxygens (including phenoxy) is 2. The second-order valence-corrected chi connectivity index (χ2v) is 11.1. The van der Waals surface area contributed by atoms with Crippen LogP contribution in [0.15, 0.2) is 84.9 Å². The molecule has 8 heteroatoms. The summed E-state index contributed by atoms with van der Waals surface area (Å²) in [4.78, 5) is 34.6. The molecular formula is C36H34N4O4. The molecule has 8 nitrogen and oxygen atoms in total. The molecule has 0 atom stereocenters. The molecule has 0 N–H and O–H groups in total. The van der Waals surface area contributed by atoms with Crippen molar-refractivity contribution in [1.29, 1.82) is 0 Å². The van der Waals surface area contributed by atoms with E-state index in [2.05, 4.69) is 50.2 Å². The molecular weight excluding hydrogens is 552 g/mol. The predicted octanol–water partition coefficient (Wildman–Crippen LogP) is 6.20. The van der Waals surface area contributed by atoms with Gasteiger partial charge in [0.25, 0.3) is 0 Å². The number of nitrogens with zero attached hydrogens (tertiary/aromatic N) is 4. The van der Waals surface area contributed by atoms with Crippen LogP contribution in [0.3, 0.4) is 0 Å². The fraction of sp³-hybridized carbons (Fsp3) is 0.222. The largest absolute Gasteiger partial charge is 0.468 e. The number of aromatic nitrogens is 4. The summed E-state index contributed by atoms with van der Waals surface area (Å²) < 4.78 is 13.8. The monoisotopic (exact) mass is 586 g/mol. The standard InChI is InChI=1S/C36H34N4O4/c1-23-7-5-9-25(15-23)17-33-37-29-19-27(11-13-31(29)39(33)21-35(41)43-3)28-12-14-32-30(20-28)38-34(40(32)22-36(42)44-4)18-26-10-6-8-24(2)16-26/h5-16,19-20H,17-18,21-22H2,1-4H3. The highest BCUT2D eigenvalue weighted by atomic mass is 16.5. The van der Waals surface area contributed by atoms with E-state index < -0.39 is 0 Å². The van der Waals surface area contributed by atoms with Crippen LogP contribution in [-0.4, -0.2) is 45.3 Å². The summed E-state index contributed by atoms with van der Waals surface area (Å²) in [6.45, 7) is 4.30. The van der Waals surface area contributed by atoms with Gasteiger partial charge in [-0.3, -0.25) is 9.59 Å². The second kappa shape index (κ2) is 12.2. The Kier molecular flexibility index (Phi) is 7.98. The lowest BCUT2D eigenvalue weighted by Crippen LogP contribution is -2.14. The first-order valence-corrected chi connectivity index (χ1v) is 14.5. The van der Waals surface area contributed by atoms with Gasteiger partial charge in [-0.2, -0.15) is 0 Å². The quantitative estimate of drug-likeness (QED) is 0.188. The van der Waals surface area contributed by atoms with Crippen LogP contribution in [0, 0.1) is 13.8 Å². The average Bonchev–Trinajstić information content (AvgIpc) is 3.52. The van der Waals surface area contributed by atoms with Gasteiger partial charge in [0, 0.05) is 12.8 Å². The van der Waals surface area contributed by atoms with E-state index >= 15 is 0 Å². The van der Waals surface area contributed by atoms with Gasteiger partial charge in [-0.25, -0.2) is 9.97 Å². The summed E-state index contributed by atoms with van der Waals surface area (Å²) in [5.74, 6) is 0.943. The summed E-state index contributed by atoms with van der Waals surface area (Å²) in [7, 11) is 2.80. The lowest BCUT2D eigenvalue weighted by Gasteiger charge is -2.09. The number of carbonyl (C=O) groups excluding carboxylic acids is 2. The number of carbonyl (C=O) groups is 2. The van der Waals surface area contributed by atoms with Crippen molar-refractivity contribution in [2.45, 2.75) is 39.8 Å². The minimum atomic E-state index is -0.326. The molecule has 6 rings (SSSR count). The molecule has 0 aliphatic rings. The highest BCUT2D eigenvalue weighted by molar-refractivity contribution is 5.88. The Morgan fingerprint density at radius 3 is 1.43 bits per heavy atom. The van der Waals surface area contributed by atoms with Crippen molar-refractivity contribution in [2.75, 3.05) is 14.2 Å². The Labute approximate surface area is 255 Å². The van der Waals surface area contributed by atoms with Gasteiger partial charge < -0.3 is 18.6 Å². The Morgan fingerprint density at radius 2 is 1.05 bits per heavy atom. The van der Waals surface area contributed by atoms with Gasteiger partial charge in [-0.15, -0.1) is 0 Å². The molecule has 2 aromatic heterocycles. The van der Waals surface area contributed by atoms with Crippen molar-refractivity contribution in [3.05, 3.63) is 119 Å². The van der Waals surface area contributed by atoms with E-state index in [4.69, 9.17) is 19.4 Å². The highest BCUT2D eigenvalue weighted by Gasteiger charge is 2.18. The molecule has 0 saturated carbocycles. The molecule has 0 spiro atoms. The molecule has 0 amide bonds. The maximum Gasteiger partial charge on any atom is 0.325 e. The third kappa shape index (κ3) is 5.97. The Morgan fingerprint density at radius 1 is 0.614 bits per heavy atom. The van der Waals surface area contributed by atoms with E-state index in [1.54, 1.807) is 0 Å². The van der Waals surface area contributed by atoms with Crippen LogP contribution in [0.1, 0.15) is 33.9 Å². The fourth-order valence-corrected chi connectivity index (χ4v) is 5.74. The number of hydrogen-bond acceptors (Lipinski definition) is 6. The maximum atomic E-state index is 12.3. The van der Waals surface area contributed by atoms with Crippen molar-refractivity contribution in [3.63, 3.8) is 0 Å². The van der Waals surface area contributed by atoms with Crippen molar-refractivity contribution in [3.8, 4) is 11.1 Å². The number of rotatable bonds is 9. The smallest absolute Gasteiger partial charge is 0.325 e.